The van der Waals surface area contributed by atoms with Gasteiger partial charge in [-0.25, -0.2) is 18.2 Å². The summed E-state index contributed by atoms with van der Waals surface area (Å²) in [5.74, 6) is -0.383. The normalized spacial score (nSPS) is 17.0. The van der Waals surface area contributed by atoms with Crippen LogP contribution in [0.25, 0.3) is 11.0 Å². The van der Waals surface area contributed by atoms with Crippen LogP contribution in [0.15, 0.2) is 51.0 Å². The van der Waals surface area contributed by atoms with Crippen LogP contribution in [0.4, 0.5) is 5.69 Å². The zero-order valence-electron chi connectivity index (χ0n) is 19.0. The predicted octanol–water partition coefficient (Wildman–Crippen LogP) is 0.680. The number of anilines is 1. The highest BCUT2D eigenvalue weighted by atomic mass is 32.2. The fraction of sp³-hybridized carbons (Fsp3) is 0.364. The zero-order chi connectivity index (χ0) is 24.6. The molecule has 1 atom stereocenters. The Labute approximate surface area is 195 Å². The molecular weight excluding hydrogens is 462 g/mol. The molecule has 1 aliphatic heterocycles. The Bertz CT molecular complexity index is 1480. The highest BCUT2D eigenvalue weighted by molar-refractivity contribution is 7.89. The van der Waals surface area contributed by atoms with Crippen molar-refractivity contribution in [3.8, 4) is 5.75 Å². The topological polar surface area (TPSA) is 133 Å². The van der Waals surface area contributed by atoms with Crippen LogP contribution in [-0.2, 0) is 28.9 Å². The van der Waals surface area contributed by atoms with Crippen LogP contribution in [-0.4, -0.2) is 52.9 Å². The number of pyridine rings is 1. The third kappa shape index (κ3) is 4.21. The molecule has 12 heteroatoms. The van der Waals surface area contributed by atoms with Gasteiger partial charge in [-0.1, -0.05) is 0 Å². The molecule has 34 heavy (non-hydrogen) atoms. The van der Waals surface area contributed by atoms with Crippen LogP contribution in [0.3, 0.4) is 0 Å². The van der Waals surface area contributed by atoms with Crippen molar-refractivity contribution in [2.75, 3.05) is 25.5 Å². The standard InChI is InChI=1S/C22H25N5O6S/c1-25-19-18(21(29)26(2)22(25)30)11-15(12-23-19)24-20(28)14-5-4-10-27(13-14)34(31,32)17-8-6-16(33-3)7-9-17/h6-9,11-12,14H,4-5,10,13H2,1-3H3,(H,24,28). The van der Waals surface area contributed by atoms with E-state index in [1.807, 2.05) is 0 Å². The first-order valence-electron chi connectivity index (χ1n) is 10.6. The lowest BCUT2D eigenvalue weighted by atomic mass is 9.99. The Hall–Kier alpha value is -3.51. The Morgan fingerprint density at radius 3 is 2.53 bits per heavy atom. The van der Waals surface area contributed by atoms with E-state index in [1.54, 1.807) is 12.1 Å². The Balaban J connectivity index is 1.54. The second kappa shape index (κ2) is 9.03. The van der Waals surface area contributed by atoms with E-state index < -0.39 is 27.2 Å². The number of amides is 1. The van der Waals surface area contributed by atoms with E-state index in [1.165, 1.54) is 54.5 Å². The second-order valence-electron chi connectivity index (χ2n) is 8.17. The van der Waals surface area contributed by atoms with Crippen LogP contribution < -0.4 is 21.3 Å². The van der Waals surface area contributed by atoms with Crippen molar-refractivity contribution in [3.63, 3.8) is 0 Å². The molecular formula is C22H25N5O6S. The molecule has 3 heterocycles. The fourth-order valence-corrected chi connectivity index (χ4v) is 5.57. The maximum absolute atomic E-state index is 13.1. The molecule has 4 rings (SSSR count). The van der Waals surface area contributed by atoms with Gasteiger partial charge in [-0.15, -0.1) is 0 Å². The van der Waals surface area contributed by atoms with Crippen LogP contribution >= 0.6 is 0 Å². The third-order valence-electron chi connectivity index (χ3n) is 6.01. The van der Waals surface area contributed by atoms with Gasteiger partial charge in [0.1, 0.15) is 11.4 Å². The molecule has 0 spiro atoms. The molecule has 180 valence electrons. The van der Waals surface area contributed by atoms with Gasteiger partial charge in [0.25, 0.3) is 5.56 Å². The summed E-state index contributed by atoms with van der Waals surface area (Å²) in [6, 6.07) is 7.58. The van der Waals surface area contributed by atoms with Gasteiger partial charge in [0.05, 0.1) is 35.2 Å². The molecule has 0 bridgehead atoms. The van der Waals surface area contributed by atoms with Gasteiger partial charge in [0.15, 0.2) is 0 Å². The van der Waals surface area contributed by atoms with E-state index >= 15 is 0 Å². The third-order valence-corrected chi connectivity index (χ3v) is 7.89. The van der Waals surface area contributed by atoms with Gasteiger partial charge in [-0.2, -0.15) is 4.31 Å². The van der Waals surface area contributed by atoms with Crippen LogP contribution in [0.5, 0.6) is 5.75 Å². The van der Waals surface area contributed by atoms with E-state index in [9.17, 15) is 22.8 Å². The van der Waals surface area contributed by atoms with Crippen molar-refractivity contribution in [1.29, 1.82) is 0 Å². The number of aryl methyl sites for hydroxylation is 1. The Morgan fingerprint density at radius 1 is 1.15 bits per heavy atom. The van der Waals surface area contributed by atoms with E-state index in [2.05, 4.69) is 10.3 Å². The summed E-state index contributed by atoms with van der Waals surface area (Å²) in [7, 11) is 0.615. The molecule has 3 aromatic rings. The number of ether oxygens (including phenoxy) is 1. The summed E-state index contributed by atoms with van der Waals surface area (Å²) in [6.07, 6.45) is 2.43. The fourth-order valence-electron chi connectivity index (χ4n) is 4.05. The first-order valence-corrected chi connectivity index (χ1v) is 12.1. The van der Waals surface area contributed by atoms with Crippen LogP contribution in [0.1, 0.15) is 12.8 Å². The van der Waals surface area contributed by atoms with Crippen molar-refractivity contribution < 1.29 is 17.9 Å². The summed E-state index contributed by atoms with van der Waals surface area (Å²) < 4.78 is 34.8. The molecule has 1 aromatic carbocycles. The minimum absolute atomic E-state index is 0.0392. The van der Waals surface area contributed by atoms with Crippen molar-refractivity contribution in [3.05, 3.63) is 57.4 Å². The molecule has 11 nitrogen and oxygen atoms in total. The largest absolute Gasteiger partial charge is 0.497 e. The van der Waals surface area contributed by atoms with Crippen molar-refractivity contribution in [2.45, 2.75) is 17.7 Å². The summed E-state index contributed by atoms with van der Waals surface area (Å²) in [4.78, 5) is 41.8. The number of benzene rings is 1. The molecule has 0 radical (unpaired) electrons. The SMILES string of the molecule is COc1ccc(S(=O)(=O)N2CCCC(C(=O)Nc3cnc4c(c3)c(=O)n(C)c(=O)n4C)C2)cc1. The number of hydrogen-bond acceptors (Lipinski definition) is 7. The van der Waals surface area contributed by atoms with Gasteiger partial charge in [-0.05, 0) is 43.2 Å². The Morgan fingerprint density at radius 2 is 1.85 bits per heavy atom. The lowest BCUT2D eigenvalue weighted by Crippen LogP contribution is -2.43. The number of carbonyl (C=O) groups excluding carboxylic acids is 1. The molecule has 0 saturated carbocycles. The van der Waals surface area contributed by atoms with Crippen molar-refractivity contribution >= 4 is 32.7 Å². The molecule has 2 aromatic heterocycles. The van der Waals surface area contributed by atoms with Crippen molar-refractivity contribution in [1.82, 2.24) is 18.4 Å². The number of piperidine rings is 1. The van der Waals surface area contributed by atoms with E-state index in [0.717, 1.165) is 4.57 Å². The molecule has 0 aliphatic carbocycles. The number of carbonyl (C=O) groups is 1. The summed E-state index contributed by atoms with van der Waals surface area (Å²) >= 11 is 0. The maximum atomic E-state index is 13.1. The average Bonchev–Trinajstić information content (AvgIpc) is 2.86. The number of nitrogens with zero attached hydrogens (tertiary/aromatic N) is 4. The predicted molar refractivity (Wildman–Crippen MR) is 125 cm³/mol. The van der Waals surface area contributed by atoms with E-state index in [4.69, 9.17) is 4.74 Å². The lowest BCUT2D eigenvalue weighted by molar-refractivity contribution is -0.120. The van der Waals surface area contributed by atoms with E-state index in [-0.39, 0.29) is 28.4 Å². The van der Waals surface area contributed by atoms with Crippen molar-refractivity contribution in [2.24, 2.45) is 20.0 Å². The van der Waals surface area contributed by atoms with Gasteiger partial charge in [0, 0.05) is 27.2 Å². The number of methoxy groups -OCH3 is 1. The van der Waals surface area contributed by atoms with Gasteiger partial charge in [-0.3, -0.25) is 18.7 Å². The first-order chi connectivity index (χ1) is 16.1. The zero-order valence-corrected chi connectivity index (χ0v) is 19.8. The second-order valence-corrected chi connectivity index (χ2v) is 10.1. The summed E-state index contributed by atoms with van der Waals surface area (Å²) in [5, 5.41) is 2.93. The molecule has 1 saturated heterocycles. The number of nitrogens with one attached hydrogen (secondary N) is 1. The number of aromatic nitrogens is 3. The first kappa shape index (κ1) is 23.6. The minimum Gasteiger partial charge on any atom is -0.497 e. The van der Waals surface area contributed by atoms with Crippen LogP contribution in [0.2, 0.25) is 0 Å². The number of hydrogen-bond donors (Lipinski definition) is 1. The average molecular weight is 488 g/mol. The monoisotopic (exact) mass is 487 g/mol. The van der Waals surface area contributed by atoms with Gasteiger partial charge in [0.2, 0.25) is 15.9 Å². The van der Waals surface area contributed by atoms with Crippen LogP contribution in [0, 0.1) is 5.92 Å². The van der Waals surface area contributed by atoms with Gasteiger partial charge >= 0.3 is 5.69 Å². The highest BCUT2D eigenvalue weighted by Gasteiger charge is 2.33. The summed E-state index contributed by atoms with van der Waals surface area (Å²) in [6.45, 7) is 0.358. The highest BCUT2D eigenvalue weighted by Crippen LogP contribution is 2.26. The molecule has 1 aliphatic rings. The number of fused-ring (bicyclic) bond motifs is 1. The van der Waals surface area contributed by atoms with E-state index in [0.29, 0.717) is 30.8 Å². The molecule has 1 fully saturated rings. The number of rotatable bonds is 5. The smallest absolute Gasteiger partial charge is 0.332 e. The molecule has 1 amide bonds. The molecule has 1 unspecified atom stereocenters. The van der Waals surface area contributed by atoms with Gasteiger partial charge < -0.3 is 10.1 Å². The Kier molecular flexibility index (Phi) is 6.28. The summed E-state index contributed by atoms with van der Waals surface area (Å²) in [5.41, 5.74) is -0.512. The lowest BCUT2D eigenvalue weighted by Gasteiger charge is -2.31. The maximum Gasteiger partial charge on any atom is 0.332 e. The number of sulfonamides is 1. The molecule has 1 N–H and O–H groups in total. The minimum atomic E-state index is -3.77. The quantitative estimate of drug-likeness (QED) is 0.560.